The zero-order chi connectivity index (χ0) is 11.4. The summed E-state index contributed by atoms with van der Waals surface area (Å²) in [7, 11) is 1.39. The van der Waals surface area contributed by atoms with E-state index in [-0.39, 0.29) is 17.9 Å². The number of carbonyl (C=O) groups is 2. The molecule has 1 heterocycles. The summed E-state index contributed by atoms with van der Waals surface area (Å²) >= 11 is 0. The molecule has 0 spiro atoms. The van der Waals surface area contributed by atoms with Crippen molar-refractivity contribution in [1.82, 2.24) is 9.88 Å². The van der Waals surface area contributed by atoms with Crippen LogP contribution in [0.4, 0.5) is 5.82 Å². The summed E-state index contributed by atoms with van der Waals surface area (Å²) in [5.41, 5.74) is 5.69. The molecule has 1 aromatic heterocycles. The maximum atomic E-state index is 11.6. The number of nitrogens with two attached hydrogens (primary N) is 1. The largest absolute Gasteiger partial charge is 0.480 e. The Bertz CT molecular complexity index is 392. The normalized spacial score (nSPS) is 9.67. The number of nitrogen functional groups attached to an aromatic ring is 1. The molecule has 1 rings (SSSR count). The number of carbonyl (C=O) groups excluding carboxylic acids is 1. The van der Waals surface area contributed by atoms with E-state index in [9.17, 15) is 9.59 Å². The molecule has 1 aromatic rings. The van der Waals surface area contributed by atoms with Crippen LogP contribution in [-0.4, -0.2) is 40.5 Å². The number of likely N-dealkylation sites (N-methyl/N-ethyl adjacent to an activating group) is 1. The van der Waals surface area contributed by atoms with Gasteiger partial charge in [0.15, 0.2) is 0 Å². The highest BCUT2D eigenvalue weighted by atomic mass is 16.4. The van der Waals surface area contributed by atoms with Crippen LogP contribution >= 0.6 is 0 Å². The molecule has 0 aliphatic carbocycles. The number of carboxylic acids is 1. The number of nitrogens with zero attached hydrogens (tertiary/aromatic N) is 2. The minimum absolute atomic E-state index is 0.0970. The van der Waals surface area contributed by atoms with E-state index in [0.717, 1.165) is 4.90 Å². The van der Waals surface area contributed by atoms with Gasteiger partial charge in [-0.2, -0.15) is 0 Å². The average Bonchev–Trinajstić information content (AvgIpc) is 2.16. The van der Waals surface area contributed by atoms with Crippen LogP contribution in [0.25, 0.3) is 0 Å². The first-order valence-corrected chi connectivity index (χ1v) is 4.20. The molecule has 0 saturated heterocycles. The maximum absolute atomic E-state index is 11.6. The Balaban J connectivity index is 2.85. The second-order valence-electron chi connectivity index (χ2n) is 2.99. The smallest absolute Gasteiger partial charge is 0.323 e. The number of aromatic nitrogens is 1. The molecule has 0 bridgehead atoms. The SMILES string of the molecule is CN(CC(=O)O)C(=O)c1cccnc1N. The number of anilines is 1. The van der Waals surface area contributed by atoms with Crippen molar-refractivity contribution in [2.75, 3.05) is 19.3 Å². The number of rotatable bonds is 3. The van der Waals surface area contributed by atoms with E-state index in [4.69, 9.17) is 10.8 Å². The summed E-state index contributed by atoms with van der Waals surface area (Å²) in [6, 6.07) is 3.07. The van der Waals surface area contributed by atoms with Crippen LogP contribution in [0.15, 0.2) is 18.3 Å². The lowest BCUT2D eigenvalue weighted by Gasteiger charge is -2.14. The lowest BCUT2D eigenvalue weighted by atomic mass is 10.2. The highest BCUT2D eigenvalue weighted by molar-refractivity contribution is 5.99. The van der Waals surface area contributed by atoms with Gasteiger partial charge in [-0.3, -0.25) is 9.59 Å². The quantitative estimate of drug-likeness (QED) is 0.719. The molecule has 0 radical (unpaired) electrons. The Labute approximate surface area is 86.3 Å². The number of pyridine rings is 1. The van der Waals surface area contributed by atoms with Gasteiger partial charge in [-0.25, -0.2) is 4.98 Å². The van der Waals surface area contributed by atoms with Crippen molar-refractivity contribution in [3.8, 4) is 0 Å². The van der Waals surface area contributed by atoms with Crippen LogP contribution in [0.1, 0.15) is 10.4 Å². The number of hydrogen-bond donors (Lipinski definition) is 2. The van der Waals surface area contributed by atoms with Gasteiger partial charge in [-0.1, -0.05) is 0 Å². The lowest BCUT2D eigenvalue weighted by molar-refractivity contribution is -0.137. The van der Waals surface area contributed by atoms with Crippen molar-refractivity contribution in [3.05, 3.63) is 23.9 Å². The fourth-order valence-electron chi connectivity index (χ4n) is 1.08. The summed E-state index contributed by atoms with van der Waals surface area (Å²) < 4.78 is 0. The second-order valence-corrected chi connectivity index (χ2v) is 2.99. The van der Waals surface area contributed by atoms with Crippen molar-refractivity contribution in [1.29, 1.82) is 0 Å². The van der Waals surface area contributed by atoms with Gasteiger partial charge in [0.2, 0.25) is 0 Å². The summed E-state index contributed by atoms with van der Waals surface area (Å²) in [5, 5.41) is 8.51. The highest BCUT2D eigenvalue weighted by Gasteiger charge is 2.16. The van der Waals surface area contributed by atoms with E-state index in [1.54, 1.807) is 6.07 Å². The molecule has 0 aliphatic heterocycles. The van der Waals surface area contributed by atoms with Crippen molar-refractivity contribution in [2.45, 2.75) is 0 Å². The predicted molar refractivity (Wildman–Crippen MR) is 53.2 cm³/mol. The molecule has 0 aromatic carbocycles. The summed E-state index contributed by atoms with van der Waals surface area (Å²) in [6.45, 7) is -0.368. The molecule has 6 heteroatoms. The van der Waals surface area contributed by atoms with Gasteiger partial charge in [-0.15, -0.1) is 0 Å². The first-order valence-electron chi connectivity index (χ1n) is 4.20. The number of hydrogen-bond acceptors (Lipinski definition) is 4. The minimum atomic E-state index is -1.08. The van der Waals surface area contributed by atoms with Gasteiger partial charge in [0.05, 0.1) is 5.56 Å². The third kappa shape index (κ3) is 2.67. The zero-order valence-electron chi connectivity index (χ0n) is 8.17. The third-order valence-corrected chi connectivity index (χ3v) is 1.79. The zero-order valence-corrected chi connectivity index (χ0v) is 8.17. The fourth-order valence-corrected chi connectivity index (χ4v) is 1.08. The number of carboxylic acid groups (broad SMARTS) is 1. The first-order chi connectivity index (χ1) is 7.02. The van der Waals surface area contributed by atoms with Crippen LogP contribution in [0.3, 0.4) is 0 Å². The highest BCUT2D eigenvalue weighted by Crippen LogP contribution is 2.09. The van der Waals surface area contributed by atoms with E-state index < -0.39 is 11.9 Å². The summed E-state index contributed by atoms with van der Waals surface area (Å²) in [6.07, 6.45) is 1.46. The Kier molecular flexibility index (Phi) is 3.22. The summed E-state index contributed by atoms with van der Waals surface area (Å²) in [5.74, 6) is -1.43. The predicted octanol–water partition coefficient (Wildman–Crippen LogP) is -0.180. The maximum Gasteiger partial charge on any atom is 0.323 e. The molecule has 0 unspecified atom stereocenters. The van der Waals surface area contributed by atoms with Crippen LogP contribution in [-0.2, 0) is 4.79 Å². The second kappa shape index (κ2) is 4.41. The van der Waals surface area contributed by atoms with E-state index >= 15 is 0 Å². The first kappa shape index (κ1) is 11.0. The van der Waals surface area contributed by atoms with Gasteiger partial charge in [0, 0.05) is 13.2 Å². The van der Waals surface area contributed by atoms with E-state index in [0.29, 0.717) is 0 Å². The molecule has 6 nitrogen and oxygen atoms in total. The van der Waals surface area contributed by atoms with E-state index in [1.807, 2.05) is 0 Å². The molecular formula is C9H11N3O3. The number of amides is 1. The average molecular weight is 209 g/mol. The lowest BCUT2D eigenvalue weighted by Crippen LogP contribution is -2.32. The van der Waals surface area contributed by atoms with Gasteiger partial charge in [0.25, 0.3) is 5.91 Å². The van der Waals surface area contributed by atoms with Gasteiger partial charge >= 0.3 is 5.97 Å². The molecule has 0 aliphatic rings. The molecule has 15 heavy (non-hydrogen) atoms. The molecule has 0 fully saturated rings. The number of aliphatic carboxylic acids is 1. The molecule has 1 amide bonds. The van der Waals surface area contributed by atoms with Crippen molar-refractivity contribution in [2.24, 2.45) is 0 Å². The van der Waals surface area contributed by atoms with Crippen LogP contribution < -0.4 is 5.73 Å². The summed E-state index contributed by atoms with van der Waals surface area (Å²) in [4.78, 5) is 26.8. The molecule has 3 N–H and O–H groups in total. The van der Waals surface area contributed by atoms with Crippen molar-refractivity contribution in [3.63, 3.8) is 0 Å². The topological polar surface area (TPSA) is 96.5 Å². The Morgan fingerprint density at radius 1 is 1.60 bits per heavy atom. The third-order valence-electron chi connectivity index (χ3n) is 1.79. The Morgan fingerprint density at radius 3 is 2.80 bits per heavy atom. The van der Waals surface area contributed by atoms with E-state index in [1.165, 1.54) is 19.3 Å². The fraction of sp³-hybridized carbons (Fsp3) is 0.222. The van der Waals surface area contributed by atoms with Crippen LogP contribution in [0.5, 0.6) is 0 Å². The molecule has 80 valence electrons. The molecular weight excluding hydrogens is 198 g/mol. The minimum Gasteiger partial charge on any atom is -0.480 e. The monoisotopic (exact) mass is 209 g/mol. The molecule has 0 saturated carbocycles. The van der Waals surface area contributed by atoms with Gasteiger partial charge in [0.1, 0.15) is 12.4 Å². The Morgan fingerprint density at radius 2 is 2.27 bits per heavy atom. The van der Waals surface area contributed by atoms with Crippen molar-refractivity contribution < 1.29 is 14.7 Å². The van der Waals surface area contributed by atoms with E-state index in [2.05, 4.69) is 4.98 Å². The van der Waals surface area contributed by atoms with Crippen LogP contribution in [0.2, 0.25) is 0 Å². The molecule has 0 atom stereocenters. The van der Waals surface area contributed by atoms with Gasteiger partial charge < -0.3 is 15.7 Å². The van der Waals surface area contributed by atoms with Crippen LogP contribution in [0, 0.1) is 0 Å². The van der Waals surface area contributed by atoms with Crippen molar-refractivity contribution >= 4 is 17.7 Å². The Hall–Kier alpha value is -2.11. The van der Waals surface area contributed by atoms with Gasteiger partial charge in [-0.05, 0) is 12.1 Å². The standard InChI is InChI=1S/C9H11N3O3/c1-12(5-7(13)14)9(15)6-3-2-4-11-8(6)10/h2-4H,5H2,1H3,(H2,10,11)(H,13,14).